The largest absolute Gasteiger partial charge is 0.356 e. The van der Waals surface area contributed by atoms with Gasteiger partial charge in [-0.25, -0.2) is 8.78 Å². The number of fused-ring (bicyclic) bond motifs is 1. The zero-order chi connectivity index (χ0) is 22.9. The predicted octanol–water partition coefficient (Wildman–Crippen LogP) is 4.67. The summed E-state index contributed by atoms with van der Waals surface area (Å²) in [6, 6.07) is 10.2. The molecule has 2 aliphatic heterocycles. The van der Waals surface area contributed by atoms with Crippen LogP contribution in [0, 0.1) is 11.6 Å². The maximum absolute atomic E-state index is 13.4. The summed E-state index contributed by atoms with van der Waals surface area (Å²) in [6.45, 7) is 1.96. The van der Waals surface area contributed by atoms with Gasteiger partial charge in [-0.2, -0.15) is 0 Å². The Kier molecular flexibility index (Phi) is 5.97. The average molecular weight is 471 g/mol. The van der Waals surface area contributed by atoms with Crippen molar-refractivity contribution >= 4 is 39.9 Å². The zero-order valence-corrected chi connectivity index (χ0v) is 18.8. The molecule has 0 radical (unpaired) electrons. The van der Waals surface area contributed by atoms with Gasteiger partial charge in [0.1, 0.15) is 17.7 Å². The molecule has 1 atom stereocenters. The second kappa shape index (κ2) is 9.05. The molecule has 2 aliphatic rings. The van der Waals surface area contributed by atoms with Gasteiger partial charge in [0.2, 0.25) is 5.91 Å². The van der Waals surface area contributed by atoms with Crippen LogP contribution in [0.1, 0.15) is 37.3 Å². The second-order valence-corrected chi connectivity index (χ2v) is 8.98. The number of halogens is 2. The van der Waals surface area contributed by atoms with Gasteiger partial charge in [-0.1, -0.05) is 5.16 Å². The normalized spacial score (nSPS) is 19.3. The van der Waals surface area contributed by atoms with Crippen LogP contribution in [0.3, 0.4) is 0 Å². The minimum absolute atomic E-state index is 0.0845. The van der Waals surface area contributed by atoms with Gasteiger partial charge in [0.05, 0.1) is 5.69 Å². The highest BCUT2D eigenvalue weighted by Gasteiger charge is 2.37. The number of likely N-dealkylation sites (tertiary alicyclic amines) is 2. The van der Waals surface area contributed by atoms with Gasteiger partial charge in [-0.3, -0.25) is 4.79 Å². The number of benzene rings is 2. The third kappa shape index (κ3) is 4.42. The molecule has 33 heavy (non-hydrogen) atoms. The number of hydrogen-bond donors (Lipinski definition) is 1. The number of thiocarbonyl (C=S) groups is 1. The Balaban J connectivity index is 1.21. The molecule has 3 heterocycles. The van der Waals surface area contributed by atoms with Crippen molar-refractivity contribution in [2.24, 2.45) is 0 Å². The van der Waals surface area contributed by atoms with Crippen molar-refractivity contribution in [3.63, 3.8) is 0 Å². The SMILES string of the molecule is O=C(C1CCCN1C(=S)Nc1ccc(F)cc1)N1CCC(c2noc3cc(F)ccc23)CC1. The highest BCUT2D eigenvalue weighted by Crippen LogP contribution is 2.33. The quantitative estimate of drug-likeness (QED) is 0.562. The highest BCUT2D eigenvalue weighted by molar-refractivity contribution is 7.80. The predicted molar refractivity (Wildman–Crippen MR) is 125 cm³/mol. The number of carbonyl (C=O) groups excluding carboxylic acids is 1. The van der Waals surface area contributed by atoms with E-state index in [2.05, 4.69) is 10.5 Å². The summed E-state index contributed by atoms with van der Waals surface area (Å²) >= 11 is 5.56. The van der Waals surface area contributed by atoms with Crippen LogP contribution in [0.25, 0.3) is 11.0 Å². The lowest BCUT2D eigenvalue weighted by Crippen LogP contribution is -2.50. The molecule has 3 aromatic rings. The number of aromatic nitrogens is 1. The number of anilines is 1. The van der Waals surface area contributed by atoms with Crippen LogP contribution in [0.5, 0.6) is 0 Å². The summed E-state index contributed by atoms with van der Waals surface area (Å²) in [7, 11) is 0. The molecule has 0 aliphatic carbocycles. The summed E-state index contributed by atoms with van der Waals surface area (Å²) in [4.78, 5) is 17.2. The van der Waals surface area contributed by atoms with Crippen LogP contribution in [0.2, 0.25) is 0 Å². The fourth-order valence-electron chi connectivity index (χ4n) is 4.80. The van der Waals surface area contributed by atoms with E-state index in [1.54, 1.807) is 18.2 Å². The van der Waals surface area contributed by atoms with E-state index < -0.39 is 0 Å². The topological polar surface area (TPSA) is 61.6 Å². The highest BCUT2D eigenvalue weighted by atomic mass is 32.1. The molecule has 1 N–H and O–H groups in total. The molecule has 172 valence electrons. The molecule has 0 bridgehead atoms. The van der Waals surface area contributed by atoms with Gasteiger partial charge in [-0.05, 0) is 74.3 Å². The molecule has 9 heteroatoms. The summed E-state index contributed by atoms with van der Waals surface area (Å²) in [5.41, 5.74) is 1.98. The molecule has 6 nitrogen and oxygen atoms in total. The van der Waals surface area contributed by atoms with Gasteiger partial charge in [-0.15, -0.1) is 0 Å². The summed E-state index contributed by atoms with van der Waals surface area (Å²) < 4.78 is 31.9. The van der Waals surface area contributed by atoms with Gasteiger partial charge < -0.3 is 19.6 Å². The van der Waals surface area contributed by atoms with Crippen LogP contribution < -0.4 is 5.32 Å². The number of carbonyl (C=O) groups is 1. The van der Waals surface area contributed by atoms with Gasteiger partial charge >= 0.3 is 0 Å². The molecule has 1 unspecified atom stereocenters. The van der Waals surface area contributed by atoms with E-state index in [1.807, 2.05) is 9.80 Å². The van der Waals surface area contributed by atoms with Crippen LogP contribution in [0.4, 0.5) is 14.5 Å². The smallest absolute Gasteiger partial charge is 0.245 e. The lowest BCUT2D eigenvalue weighted by Gasteiger charge is -2.35. The zero-order valence-electron chi connectivity index (χ0n) is 18.0. The van der Waals surface area contributed by atoms with Crippen molar-refractivity contribution in [2.75, 3.05) is 25.0 Å². The van der Waals surface area contributed by atoms with Crippen molar-refractivity contribution < 1.29 is 18.1 Å². The van der Waals surface area contributed by atoms with Crippen LogP contribution >= 0.6 is 12.2 Å². The standard InChI is InChI=1S/C24H24F2N4O2S/c25-16-3-6-18(7-4-16)27-24(33)30-11-1-2-20(30)23(31)29-12-9-15(10-13-29)22-19-8-5-17(26)14-21(19)32-28-22/h3-8,14-15,20H,1-2,9-13H2,(H,27,33). The van der Waals surface area contributed by atoms with Crippen molar-refractivity contribution in [1.29, 1.82) is 0 Å². The molecule has 1 aromatic heterocycles. The fourth-order valence-corrected chi connectivity index (χ4v) is 5.14. The van der Waals surface area contributed by atoms with Crippen molar-refractivity contribution in [3.8, 4) is 0 Å². The Morgan fingerprint density at radius 2 is 1.76 bits per heavy atom. The van der Waals surface area contributed by atoms with Gasteiger partial charge in [0.15, 0.2) is 10.7 Å². The maximum atomic E-state index is 13.4. The number of nitrogens with zero attached hydrogens (tertiary/aromatic N) is 3. The molecule has 0 saturated carbocycles. The molecule has 0 spiro atoms. The van der Waals surface area contributed by atoms with E-state index in [1.165, 1.54) is 24.3 Å². The number of nitrogens with one attached hydrogen (secondary N) is 1. The molecule has 2 fully saturated rings. The Hall–Kier alpha value is -3.07. The van der Waals surface area contributed by atoms with Crippen molar-refractivity contribution in [1.82, 2.24) is 15.0 Å². The third-order valence-electron chi connectivity index (χ3n) is 6.55. The van der Waals surface area contributed by atoms with Crippen LogP contribution in [-0.4, -0.2) is 51.7 Å². The first-order chi connectivity index (χ1) is 16.0. The number of rotatable bonds is 3. The van der Waals surface area contributed by atoms with Gasteiger partial charge in [0, 0.05) is 42.7 Å². The number of hydrogen-bond acceptors (Lipinski definition) is 4. The van der Waals surface area contributed by atoms with E-state index in [-0.39, 0.29) is 29.5 Å². The number of piperidine rings is 1. The first-order valence-electron chi connectivity index (χ1n) is 11.2. The summed E-state index contributed by atoms with van der Waals surface area (Å²) in [5, 5.41) is 8.62. The average Bonchev–Trinajstić information content (AvgIpc) is 3.47. The minimum Gasteiger partial charge on any atom is -0.356 e. The Labute approximate surface area is 195 Å². The van der Waals surface area contributed by atoms with Crippen LogP contribution in [-0.2, 0) is 4.79 Å². The van der Waals surface area contributed by atoms with Crippen molar-refractivity contribution in [3.05, 3.63) is 59.8 Å². The van der Waals surface area contributed by atoms with E-state index in [9.17, 15) is 13.6 Å². The van der Waals surface area contributed by atoms with Crippen LogP contribution in [0.15, 0.2) is 47.0 Å². The lowest BCUT2D eigenvalue weighted by atomic mass is 9.91. The monoisotopic (exact) mass is 470 g/mol. The number of amides is 1. The Morgan fingerprint density at radius 3 is 2.52 bits per heavy atom. The lowest BCUT2D eigenvalue weighted by molar-refractivity contribution is -0.135. The van der Waals surface area contributed by atoms with E-state index in [4.69, 9.17) is 16.7 Å². The van der Waals surface area contributed by atoms with E-state index >= 15 is 0 Å². The van der Waals surface area contributed by atoms with Gasteiger partial charge in [0.25, 0.3) is 0 Å². The van der Waals surface area contributed by atoms with E-state index in [0.29, 0.717) is 36.0 Å². The molecule has 5 rings (SSSR count). The van der Waals surface area contributed by atoms with Crippen molar-refractivity contribution in [2.45, 2.75) is 37.6 Å². The summed E-state index contributed by atoms with van der Waals surface area (Å²) in [6.07, 6.45) is 3.19. The minimum atomic E-state index is -0.349. The maximum Gasteiger partial charge on any atom is 0.245 e. The first-order valence-corrected chi connectivity index (χ1v) is 11.6. The molecule has 2 saturated heterocycles. The first kappa shape index (κ1) is 21.8. The Morgan fingerprint density at radius 1 is 1.03 bits per heavy atom. The summed E-state index contributed by atoms with van der Waals surface area (Å²) in [5.74, 6) is -0.406. The van der Waals surface area contributed by atoms with E-state index in [0.717, 1.165) is 36.8 Å². The fraction of sp³-hybridized carbons (Fsp3) is 0.375. The molecular formula is C24H24F2N4O2S. The molecule has 2 aromatic carbocycles. The second-order valence-electron chi connectivity index (χ2n) is 8.60. The molecular weight excluding hydrogens is 446 g/mol. The Bertz CT molecular complexity index is 1170. The third-order valence-corrected chi connectivity index (χ3v) is 6.89. The molecule has 1 amide bonds.